The van der Waals surface area contributed by atoms with Crippen LogP contribution >= 0.6 is 11.8 Å². The van der Waals surface area contributed by atoms with Gasteiger partial charge in [0.2, 0.25) is 5.91 Å². The van der Waals surface area contributed by atoms with Crippen LogP contribution in [0.3, 0.4) is 0 Å². The van der Waals surface area contributed by atoms with E-state index in [2.05, 4.69) is 15.4 Å². The van der Waals surface area contributed by atoms with Crippen LogP contribution in [0.25, 0.3) is 10.9 Å². The average Bonchev–Trinajstić information content (AvgIpc) is 3.21. The van der Waals surface area contributed by atoms with Gasteiger partial charge in [-0.15, -0.1) is 0 Å². The molecule has 11 heteroatoms. The summed E-state index contributed by atoms with van der Waals surface area (Å²) in [7, 11) is 1.27. The van der Waals surface area contributed by atoms with Crippen molar-refractivity contribution in [3.8, 4) is 0 Å². The average molecular weight is 460 g/mol. The van der Waals surface area contributed by atoms with E-state index in [1.807, 2.05) is 13.8 Å². The van der Waals surface area contributed by atoms with Crippen molar-refractivity contribution in [2.45, 2.75) is 44.6 Å². The number of ether oxygens (including phenoxy) is 1. The number of carbonyl (C=O) groups is 2. The molecule has 0 unspecified atom stereocenters. The lowest BCUT2D eigenvalue weighted by Gasteiger charge is -2.15. The Hall–Kier alpha value is -3.18. The van der Waals surface area contributed by atoms with E-state index in [-0.39, 0.29) is 40.5 Å². The lowest BCUT2D eigenvalue weighted by atomic mass is 10.1. The Balaban J connectivity index is 1.90. The molecular weight excluding hydrogens is 434 g/mol. The van der Waals surface area contributed by atoms with Crippen molar-refractivity contribution >= 4 is 40.4 Å². The molecule has 1 amide bonds. The lowest BCUT2D eigenvalue weighted by Crippen LogP contribution is -2.28. The van der Waals surface area contributed by atoms with Gasteiger partial charge in [-0.05, 0) is 39.0 Å². The van der Waals surface area contributed by atoms with Crippen molar-refractivity contribution in [2.24, 2.45) is 0 Å². The van der Waals surface area contributed by atoms with Crippen LogP contribution in [0.15, 0.2) is 40.4 Å². The molecule has 32 heavy (non-hydrogen) atoms. The van der Waals surface area contributed by atoms with Gasteiger partial charge >= 0.3 is 5.97 Å². The molecule has 2 aromatic heterocycles. The number of thioether (sulfide) groups is 1. The summed E-state index contributed by atoms with van der Waals surface area (Å²) in [6, 6.07) is 6.25. The molecule has 0 bridgehead atoms. The summed E-state index contributed by atoms with van der Waals surface area (Å²) in [4.78, 5) is 41.9. The van der Waals surface area contributed by atoms with Crippen molar-refractivity contribution in [2.75, 3.05) is 18.2 Å². The number of benzene rings is 1. The number of amides is 1. The van der Waals surface area contributed by atoms with Crippen molar-refractivity contribution < 1.29 is 19.4 Å². The van der Waals surface area contributed by atoms with E-state index < -0.39 is 12.1 Å². The Labute approximate surface area is 188 Å². The van der Waals surface area contributed by atoms with E-state index in [0.717, 1.165) is 11.8 Å². The largest absolute Gasteiger partial charge is 0.465 e. The molecule has 0 radical (unpaired) electrons. The van der Waals surface area contributed by atoms with Crippen LogP contribution in [-0.4, -0.2) is 55.3 Å². The monoisotopic (exact) mass is 459 g/mol. The molecule has 0 aliphatic carbocycles. The van der Waals surface area contributed by atoms with Crippen LogP contribution in [0, 0.1) is 0 Å². The molecule has 0 saturated heterocycles. The second-order valence-corrected chi connectivity index (χ2v) is 8.42. The number of hydrogen-bond donors (Lipinski definition) is 2. The summed E-state index contributed by atoms with van der Waals surface area (Å²) >= 11 is 1.07. The number of anilines is 1. The number of hydrogen-bond acceptors (Lipinski definition) is 8. The van der Waals surface area contributed by atoms with Gasteiger partial charge in [0, 0.05) is 12.1 Å². The van der Waals surface area contributed by atoms with Crippen LogP contribution in [0.4, 0.5) is 5.82 Å². The highest BCUT2D eigenvalue weighted by molar-refractivity contribution is 7.99. The van der Waals surface area contributed by atoms with E-state index in [1.165, 1.54) is 29.9 Å². The third-order valence-corrected chi connectivity index (χ3v) is 5.52. The van der Waals surface area contributed by atoms with Gasteiger partial charge in [-0.2, -0.15) is 5.10 Å². The zero-order valence-electron chi connectivity index (χ0n) is 18.2. The van der Waals surface area contributed by atoms with E-state index in [1.54, 1.807) is 23.9 Å². The number of rotatable bonds is 8. The first-order valence-electron chi connectivity index (χ1n) is 9.98. The minimum Gasteiger partial charge on any atom is -0.465 e. The highest BCUT2D eigenvalue weighted by Gasteiger charge is 2.17. The molecular formula is C21H25N5O5S. The number of aliphatic hydroxyl groups is 1. The first-order valence-corrected chi connectivity index (χ1v) is 11.0. The van der Waals surface area contributed by atoms with Gasteiger partial charge in [0.15, 0.2) is 5.16 Å². The molecule has 170 valence electrons. The summed E-state index contributed by atoms with van der Waals surface area (Å²) in [6.45, 7) is 5.48. The van der Waals surface area contributed by atoms with Crippen LogP contribution < -0.4 is 10.9 Å². The molecule has 10 nitrogen and oxygen atoms in total. The van der Waals surface area contributed by atoms with E-state index >= 15 is 0 Å². The van der Waals surface area contributed by atoms with Crippen LogP contribution in [0.2, 0.25) is 0 Å². The molecule has 0 fully saturated rings. The molecule has 1 atom stereocenters. The number of nitrogens with one attached hydrogen (secondary N) is 1. The number of esters is 1. The molecule has 0 aliphatic rings. The second-order valence-electron chi connectivity index (χ2n) is 7.47. The van der Waals surface area contributed by atoms with Gasteiger partial charge < -0.3 is 15.2 Å². The predicted molar refractivity (Wildman–Crippen MR) is 121 cm³/mol. The van der Waals surface area contributed by atoms with Crippen molar-refractivity contribution in [1.82, 2.24) is 19.3 Å². The maximum Gasteiger partial charge on any atom is 0.337 e. The maximum atomic E-state index is 13.0. The molecule has 1 aromatic carbocycles. The Morgan fingerprint density at radius 3 is 2.66 bits per heavy atom. The zero-order valence-corrected chi connectivity index (χ0v) is 19.0. The van der Waals surface area contributed by atoms with E-state index in [9.17, 15) is 19.5 Å². The fourth-order valence-electron chi connectivity index (χ4n) is 3.11. The van der Waals surface area contributed by atoms with Gasteiger partial charge in [0.05, 0.1) is 48.2 Å². The minimum absolute atomic E-state index is 0.0161. The summed E-state index contributed by atoms with van der Waals surface area (Å²) in [5, 5.41) is 17.4. The predicted octanol–water partition coefficient (Wildman–Crippen LogP) is 2.07. The fourth-order valence-corrected chi connectivity index (χ4v) is 3.92. The van der Waals surface area contributed by atoms with Crippen molar-refractivity contribution in [3.05, 3.63) is 46.4 Å². The highest BCUT2D eigenvalue weighted by atomic mass is 32.2. The van der Waals surface area contributed by atoms with Crippen molar-refractivity contribution in [1.29, 1.82) is 0 Å². The molecule has 0 spiro atoms. The molecule has 2 heterocycles. The minimum atomic E-state index is -0.796. The number of carbonyl (C=O) groups excluding carboxylic acids is 2. The zero-order chi connectivity index (χ0) is 23.4. The quantitative estimate of drug-likeness (QED) is 0.298. The molecule has 2 N–H and O–H groups in total. The van der Waals surface area contributed by atoms with Crippen molar-refractivity contribution in [3.63, 3.8) is 0 Å². The smallest absolute Gasteiger partial charge is 0.337 e. The third kappa shape index (κ3) is 5.17. The number of aliphatic hydroxyl groups excluding tert-OH is 1. The second kappa shape index (κ2) is 9.96. The fraction of sp³-hybridized carbons (Fsp3) is 0.381. The molecule has 0 aliphatic heterocycles. The highest BCUT2D eigenvalue weighted by Crippen LogP contribution is 2.20. The summed E-state index contributed by atoms with van der Waals surface area (Å²) in [5.74, 6) is -0.283. The molecule has 3 aromatic rings. The van der Waals surface area contributed by atoms with Crippen LogP contribution in [0.5, 0.6) is 0 Å². The normalized spacial score (nSPS) is 12.2. The maximum absolute atomic E-state index is 13.0. The summed E-state index contributed by atoms with van der Waals surface area (Å²) in [5.41, 5.74) is 0.199. The SMILES string of the molecule is COC(=O)c1ccc2c(=O)n(C[C@H](C)O)c(SCC(=O)Nc3ccnn3C(C)C)nc2c1. The number of aromatic nitrogens is 4. The van der Waals surface area contributed by atoms with Gasteiger partial charge in [-0.1, -0.05) is 11.8 Å². The van der Waals surface area contributed by atoms with Gasteiger partial charge in [0.1, 0.15) is 5.82 Å². The topological polar surface area (TPSA) is 128 Å². The Morgan fingerprint density at radius 2 is 2.00 bits per heavy atom. The van der Waals surface area contributed by atoms with Crippen LogP contribution in [0.1, 0.15) is 37.2 Å². The molecule has 0 saturated carbocycles. The number of methoxy groups -OCH3 is 1. The number of fused-ring (bicyclic) bond motifs is 1. The van der Waals surface area contributed by atoms with Gasteiger partial charge in [-0.3, -0.25) is 14.2 Å². The van der Waals surface area contributed by atoms with E-state index in [0.29, 0.717) is 16.7 Å². The standard InChI is InChI=1S/C21H25N5O5S/c1-12(2)26-17(7-8-22-26)24-18(28)11-32-21-23-16-9-14(20(30)31-4)5-6-15(16)19(29)25(21)10-13(3)27/h5-9,12-13,27H,10-11H2,1-4H3,(H,24,28)/t13-/m0/s1. The Kier molecular flexibility index (Phi) is 7.31. The van der Waals surface area contributed by atoms with Gasteiger partial charge in [0.25, 0.3) is 5.56 Å². The first kappa shape index (κ1) is 23.5. The number of nitrogens with zero attached hydrogens (tertiary/aromatic N) is 4. The Bertz CT molecular complexity index is 1200. The van der Waals surface area contributed by atoms with E-state index in [4.69, 9.17) is 4.74 Å². The van der Waals surface area contributed by atoms with Crippen LogP contribution in [-0.2, 0) is 16.1 Å². The first-order chi connectivity index (χ1) is 15.2. The summed E-state index contributed by atoms with van der Waals surface area (Å²) < 4.78 is 7.75. The summed E-state index contributed by atoms with van der Waals surface area (Å²) in [6.07, 6.45) is 0.808. The van der Waals surface area contributed by atoms with Gasteiger partial charge in [-0.25, -0.2) is 14.5 Å². The lowest BCUT2D eigenvalue weighted by molar-refractivity contribution is -0.113. The Morgan fingerprint density at radius 1 is 1.25 bits per heavy atom. The molecule has 3 rings (SSSR count). The third-order valence-electron chi connectivity index (χ3n) is 4.55.